The Balaban J connectivity index is 2.14. The number of H-pyrrole nitrogens is 1. The van der Waals surface area contributed by atoms with Gasteiger partial charge in [-0.2, -0.15) is 0 Å². The summed E-state index contributed by atoms with van der Waals surface area (Å²) in [6, 6.07) is 1.85. The lowest BCUT2D eigenvalue weighted by Crippen LogP contribution is -2.20. The Kier molecular flexibility index (Phi) is 3.04. The highest BCUT2D eigenvalue weighted by Crippen LogP contribution is 1.95. The summed E-state index contributed by atoms with van der Waals surface area (Å²) in [6.45, 7) is 0.249. The minimum atomic E-state index is -2.27. The molecule has 0 aliphatic rings. The fourth-order valence-electron chi connectivity index (χ4n) is 0.794. The molecule has 0 aliphatic heterocycles. The molecule has 62 valence electrons. The molecule has 0 atom stereocenters. The maximum Gasteiger partial charge on any atom is 0.250 e. The van der Waals surface area contributed by atoms with Crippen molar-refractivity contribution in [3.05, 3.63) is 24.0 Å². The second-order valence-corrected chi connectivity index (χ2v) is 2.24. The van der Waals surface area contributed by atoms with Gasteiger partial charge in [0, 0.05) is 18.9 Å². The van der Waals surface area contributed by atoms with Crippen molar-refractivity contribution in [3.63, 3.8) is 0 Å². The molecule has 0 spiro atoms. The molecule has 0 aromatic carbocycles. The van der Waals surface area contributed by atoms with Crippen LogP contribution in [0.25, 0.3) is 0 Å². The third-order valence-corrected chi connectivity index (χ3v) is 1.29. The second kappa shape index (κ2) is 4.08. The van der Waals surface area contributed by atoms with Gasteiger partial charge in [-0.05, 0) is 11.6 Å². The summed E-state index contributed by atoms with van der Waals surface area (Å²) in [5, 5.41) is 2.62. The summed E-state index contributed by atoms with van der Waals surface area (Å²) in [5.41, 5.74) is 0.991. The Bertz CT molecular complexity index is 184. The fraction of sp³-hybridized carbons (Fsp3) is 0.429. The van der Waals surface area contributed by atoms with E-state index in [9.17, 15) is 8.78 Å². The molecule has 1 aromatic heterocycles. The number of aromatic nitrogens is 1. The summed E-state index contributed by atoms with van der Waals surface area (Å²) in [7, 11) is 0. The van der Waals surface area contributed by atoms with Crippen LogP contribution in [-0.4, -0.2) is 18.0 Å². The average molecular weight is 160 g/mol. The molecule has 0 saturated carbocycles. The Morgan fingerprint density at radius 1 is 1.55 bits per heavy atom. The molecule has 0 bridgehead atoms. The molecule has 0 amide bonds. The van der Waals surface area contributed by atoms with Gasteiger partial charge < -0.3 is 10.3 Å². The summed E-state index contributed by atoms with van der Waals surface area (Å²) >= 11 is 0. The first-order valence-corrected chi connectivity index (χ1v) is 3.39. The fourth-order valence-corrected chi connectivity index (χ4v) is 0.794. The van der Waals surface area contributed by atoms with E-state index in [-0.39, 0.29) is 6.54 Å². The van der Waals surface area contributed by atoms with Gasteiger partial charge in [0.2, 0.25) is 0 Å². The highest BCUT2D eigenvalue weighted by molar-refractivity contribution is 5.07. The van der Waals surface area contributed by atoms with Crippen LogP contribution in [-0.2, 0) is 6.54 Å². The third kappa shape index (κ3) is 3.13. The van der Waals surface area contributed by atoms with Crippen molar-refractivity contribution >= 4 is 0 Å². The number of halogens is 2. The van der Waals surface area contributed by atoms with Gasteiger partial charge >= 0.3 is 0 Å². The third-order valence-electron chi connectivity index (χ3n) is 1.29. The Labute approximate surface area is 63.6 Å². The summed E-state index contributed by atoms with van der Waals surface area (Å²) in [4.78, 5) is 2.84. The van der Waals surface area contributed by atoms with Crippen LogP contribution in [0, 0.1) is 0 Å². The van der Waals surface area contributed by atoms with Crippen LogP contribution in [0.4, 0.5) is 8.78 Å². The van der Waals surface area contributed by atoms with Crippen LogP contribution in [0.15, 0.2) is 18.5 Å². The van der Waals surface area contributed by atoms with Crippen LogP contribution >= 0.6 is 0 Å². The van der Waals surface area contributed by atoms with Gasteiger partial charge in [0.05, 0.1) is 6.54 Å². The number of alkyl halides is 2. The van der Waals surface area contributed by atoms with Crippen LogP contribution in [0.5, 0.6) is 0 Å². The zero-order valence-corrected chi connectivity index (χ0v) is 5.98. The molecule has 11 heavy (non-hydrogen) atoms. The lowest BCUT2D eigenvalue weighted by Gasteiger charge is -2.00. The first-order valence-electron chi connectivity index (χ1n) is 3.39. The van der Waals surface area contributed by atoms with Crippen molar-refractivity contribution in [2.75, 3.05) is 6.54 Å². The maximum atomic E-state index is 11.6. The monoisotopic (exact) mass is 160 g/mol. The second-order valence-electron chi connectivity index (χ2n) is 2.24. The van der Waals surface area contributed by atoms with E-state index in [2.05, 4.69) is 10.3 Å². The predicted molar refractivity (Wildman–Crippen MR) is 38.5 cm³/mol. The zero-order valence-electron chi connectivity index (χ0n) is 5.98. The summed E-state index contributed by atoms with van der Waals surface area (Å²) in [5.74, 6) is 0. The largest absolute Gasteiger partial charge is 0.367 e. The van der Waals surface area contributed by atoms with Gasteiger partial charge in [-0.3, -0.25) is 0 Å². The molecule has 1 heterocycles. The Morgan fingerprint density at radius 3 is 2.91 bits per heavy atom. The number of hydrogen-bond donors (Lipinski definition) is 2. The molecular weight excluding hydrogens is 150 g/mol. The molecule has 0 unspecified atom stereocenters. The van der Waals surface area contributed by atoms with Gasteiger partial charge in [0.1, 0.15) is 0 Å². The van der Waals surface area contributed by atoms with Gasteiger partial charge in [-0.25, -0.2) is 8.78 Å². The van der Waals surface area contributed by atoms with Crippen molar-refractivity contribution in [3.8, 4) is 0 Å². The first-order chi connectivity index (χ1) is 5.29. The number of nitrogens with one attached hydrogen (secondary N) is 2. The molecule has 2 N–H and O–H groups in total. The van der Waals surface area contributed by atoms with Gasteiger partial charge in [0.15, 0.2) is 0 Å². The minimum absolute atomic E-state index is 0.245. The van der Waals surface area contributed by atoms with Gasteiger partial charge in [-0.1, -0.05) is 0 Å². The molecule has 1 rings (SSSR count). The highest BCUT2D eigenvalue weighted by atomic mass is 19.3. The van der Waals surface area contributed by atoms with Crippen molar-refractivity contribution in [2.45, 2.75) is 13.0 Å². The molecule has 0 saturated heterocycles. The van der Waals surface area contributed by atoms with E-state index in [0.29, 0.717) is 6.54 Å². The van der Waals surface area contributed by atoms with Crippen molar-refractivity contribution in [1.29, 1.82) is 0 Å². The molecule has 2 nitrogen and oxygen atoms in total. The van der Waals surface area contributed by atoms with Gasteiger partial charge in [0.25, 0.3) is 6.43 Å². The number of rotatable bonds is 4. The standard InChI is InChI=1S/C7H10F2N2/c8-7(9)5-11-4-6-1-2-10-3-6/h1-3,7,10-11H,4-5H2. The lowest BCUT2D eigenvalue weighted by atomic mass is 10.3. The number of aromatic amines is 1. The minimum Gasteiger partial charge on any atom is -0.367 e. The number of hydrogen-bond acceptors (Lipinski definition) is 1. The lowest BCUT2D eigenvalue weighted by molar-refractivity contribution is 0.145. The van der Waals surface area contributed by atoms with E-state index in [1.165, 1.54) is 0 Å². The quantitative estimate of drug-likeness (QED) is 0.684. The summed E-state index contributed by atoms with van der Waals surface area (Å²) < 4.78 is 23.2. The molecule has 0 radical (unpaired) electrons. The normalized spacial score (nSPS) is 10.8. The molecule has 1 aromatic rings. The SMILES string of the molecule is FC(F)CNCc1cc[nH]c1. The van der Waals surface area contributed by atoms with E-state index in [4.69, 9.17) is 0 Å². The maximum absolute atomic E-state index is 11.6. The van der Waals surface area contributed by atoms with Crippen molar-refractivity contribution in [1.82, 2.24) is 10.3 Å². The molecule has 0 aliphatic carbocycles. The zero-order chi connectivity index (χ0) is 8.10. The predicted octanol–water partition coefficient (Wildman–Crippen LogP) is 1.37. The van der Waals surface area contributed by atoms with Crippen LogP contribution in [0.1, 0.15) is 5.56 Å². The summed E-state index contributed by atoms with van der Waals surface area (Å²) in [6.07, 6.45) is 1.27. The van der Waals surface area contributed by atoms with E-state index in [0.717, 1.165) is 5.56 Å². The van der Waals surface area contributed by atoms with Crippen LogP contribution in [0.2, 0.25) is 0 Å². The smallest absolute Gasteiger partial charge is 0.250 e. The van der Waals surface area contributed by atoms with Crippen molar-refractivity contribution < 1.29 is 8.78 Å². The Morgan fingerprint density at radius 2 is 2.36 bits per heavy atom. The highest BCUT2D eigenvalue weighted by Gasteiger charge is 2.00. The first kappa shape index (κ1) is 8.20. The molecular formula is C7H10F2N2. The van der Waals surface area contributed by atoms with E-state index < -0.39 is 6.43 Å². The average Bonchev–Trinajstić information content (AvgIpc) is 2.39. The van der Waals surface area contributed by atoms with Crippen LogP contribution in [0.3, 0.4) is 0 Å². The molecule has 4 heteroatoms. The Hall–Kier alpha value is -0.900. The van der Waals surface area contributed by atoms with Gasteiger partial charge in [-0.15, -0.1) is 0 Å². The topological polar surface area (TPSA) is 27.8 Å². The van der Waals surface area contributed by atoms with Crippen molar-refractivity contribution in [2.24, 2.45) is 0 Å². The van der Waals surface area contributed by atoms with Crippen LogP contribution < -0.4 is 5.32 Å². The van der Waals surface area contributed by atoms with E-state index in [1.54, 1.807) is 12.4 Å². The molecule has 0 fully saturated rings. The van der Waals surface area contributed by atoms with E-state index >= 15 is 0 Å². The van der Waals surface area contributed by atoms with E-state index in [1.807, 2.05) is 6.07 Å².